The van der Waals surface area contributed by atoms with Crippen molar-refractivity contribution in [3.05, 3.63) is 28.2 Å². The summed E-state index contributed by atoms with van der Waals surface area (Å²) >= 11 is 11.4. The zero-order valence-electron chi connectivity index (χ0n) is 7.83. The Bertz CT molecular complexity index is 447. The summed E-state index contributed by atoms with van der Waals surface area (Å²) in [4.78, 5) is 6.42. The summed E-state index contributed by atoms with van der Waals surface area (Å²) in [7, 11) is -3.76. The molecule has 0 bridgehead atoms. The van der Waals surface area contributed by atoms with Gasteiger partial charge in [0, 0.05) is 5.02 Å². The second-order valence-corrected chi connectivity index (χ2v) is 5.05. The molecular weight excluding hydrogens is 261 g/mol. The van der Waals surface area contributed by atoms with Crippen LogP contribution in [0.1, 0.15) is 6.92 Å². The van der Waals surface area contributed by atoms with Gasteiger partial charge < -0.3 is 0 Å². The first-order valence-corrected chi connectivity index (χ1v) is 6.30. The van der Waals surface area contributed by atoms with Crippen LogP contribution >= 0.6 is 23.2 Å². The third kappa shape index (κ3) is 3.32. The maximum atomic E-state index is 11.6. The lowest BCUT2D eigenvalue weighted by Crippen LogP contribution is -2.24. The van der Waals surface area contributed by atoms with Gasteiger partial charge in [-0.3, -0.25) is 4.84 Å². The van der Waals surface area contributed by atoms with E-state index in [1.54, 1.807) is 6.92 Å². The molecule has 1 aromatic rings. The maximum Gasteiger partial charge on any atom is 0.264 e. The molecule has 0 heterocycles. The first kappa shape index (κ1) is 12.7. The predicted molar refractivity (Wildman–Crippen MR) is 58.4 cm³/mol. The van der Waals surface area contributed by atoms with Crippen molar-refractivity contribution < 1.29 is 13.3 Å². The topological polar surface area (TPSA) is 55.4 Å². The lowest BCUT2D eigenvalue weighted by Gasteiger charge is -2.07. The number of sulfonamides is 1. The van der Waals surface area contributed by atoms with Crippen LogP contribution in [0.15, 0.2) is 23.1 Å². The minimum atomic E-state index is -3.76. The highest BCUT2D eigenvalue weighted by atomic mass is 35.5. The third-order valence-corrected chi connectivity index (χ3v) is 3.43. The largest absolute Gasteiger partial charge is 0.287 e. The highest BCUT2D eigenvalue weighted by molar-refractivity contribution is 7.89. The second kappa shape index (κ2) is 5.14. The van der Waals surface area contributed by atoms with Crippen molar-refractivity contribution in [3.63, 3.8) is 0 Å². The van der Waals surface area contributed by atoms with Crippen LogP contribution in [0.4, 0.5) is 0 Å². The van der Waals surface area contributed by atoms with Gasteiger partial charge in [0.1, 0.15) is 4.90 Å². The Balaban J connectivity index is 3.09. The average molecular weight is 270 g/mol. The molecule has 0 atom stereocenters. The van der Waals surface area contributed by atoms with E-state index < -0.39 is 10.0 Å². The number of rotatable bonds is 4. The normalized spacial score (nSPS) is 11.7. The van der Waals surface area contributed by atoms with Gasteiger partial charge in [-0.2, -0.15) is 0 Å². The van der Waals surface area contributed by atoms with E-state index in [4.69, 9.17) is 23.2 Å². The summed E-state index contributed by atoms with van der Waals surface area (Å²) < 4.78 is 23.2. The average Bonchev–Trinajstić information content (AvgIpc) is 2.18. The van der Waals surface area contributed by atoms with Crippen molar-refractivity contribution in [1.29, 1.82) is 0 Å². The Morgan fingerprint density at radius 3 is 2.67 bits per heavy atom. The van der Waals surface area contributed by atoms with Crippen LogP contribution < -0.4 is 4.89 Å². The number of nitrogens with one attached hydrogen (secondary N) is 1. The Labute approximate surface area is 98.1 Å². The Hall–Kier alpha value is -0.330. The first-order chi connectivity index (χ1) is 6.97. The molecule has 0 aromatic heterocycles. The molecular formula is C8H9Cl2NO3S. The number of hydrogen-bond acceptors (Lipinski definition) is 3. The van der Waals surface area contributed by atoms with E-state index in [0.717, 1.165) is 0 Å². The fourth-order valence-electron chi connectivity index (χ4n) is 0.865. The summed E-state index contributed by atoms with van der Waals surface area (Å²) in [6.07, 6.45) is 0. The number of halogens is 2. The van der Waals surface area contributed by atoms with Gasteiger partial charge in [0.05, 0.1) is 11.6 Å². The van der Waals surface area contributed by atoms with E-state index >= 15 is 0 Å². The SMILES string of the molecule is CCONS(=O)(=O)c1cc(Cl)ccc1Cl. The van der Waals surface area contributed by atoms with Crippen LogP contribution in [0.3, 0.4) is 0 Å². The second-order valence-electron chi connectivity index (χ2n) is 2.59. The molecule has 0 unspecified atom stereocenters. The smallest absolute Gasteiger partial charge is 0.264 e. The summed E-state index contributed by atoms with van der Waals surface area (Å²) in [6.45, 7) is 1.87. The van der Waals surface area contributed by atoms with E-state index in [1.165, 1.54) is 18.2 Å². The fourth-order valence-corrected chi connectivity index (χ4v) is 2.49. The molecule has 0 aliphatic rings. The minimum absolute atomic E-state index is 0.0894. The summed E-state index contributed by atoms with van der Waals surface area (Å²) in [5, 5.41) is 0.378. The van der Waals surface area contributed by atoms with Gasteiger partial charge in [0.15, 0.2) is 0 Å². The van der Waals surface area contributed by atoms with Crippen molar-refractivity contribution in [2.24, 2.45) is 0 Å². The standard InChI is InChI=1S/C8H9Cl2NO3S/c1-2-14-11-15(12,13)8-5-6(9)3-4-7(8)10/h3-5,11H,2H2,1H3. The molecule has 84 valence electrons. The van der Waals surface area contributed by atoms with E-state index in [1.807, 2.05) is 4.89 Å². The van der Waals surface area contributed by atoms with Crippen molar-refractivity contribution in [3.8, 4) is 0 Å². The Morgan fingerprint density at radius 2 is 2.07 bits per heavy atom. The van der Waals surface area contributed by atoms with E-state index in [2.05, 4.69) is 4.84 Å². The molecule has 1 N–H and O–H groups in total. The van der Waals surface area contributed by atoms with E-state index in [-0.39, 0.29) is 21.5 Å². The molecule has 7 heteroatoms. The summed E-state index contributed by atoms with van der Waals surface area (Å²) in [6, 6.07) is 4.17. The zero-order chi connectivity index (χ0) is 11.5. The third-order valence-electron chi connectivity index (χ3n) is 1.50. The van der Waals surface area contributed by atoms with Crippen molar-refractivity contribution in [2.45, 2.75) is 11.8 Å². The molecule has 0 radical (unpaired) electrons. The molecule has 4 nitrogen and oxygen atoms in total. The summed E-state index contributed by atoms with van der Waals surface area (Å²) in [5.41, 5.74) is 0. The molecule has 0 amide bonds. The van der Waals surface area contributed by atoms with Gasteiger partial charge in [0.25, 0.3) is 10.0 Å². The van der Waals surface area contributed by atoms with Gasteiger partial charge in [-0.25, -0.2) is 8.42 Å². The molecule has 0 aliphatic heterocycles. The van der Waals surface area contributed by atoms with Crippen LogP contribution in [0.2, 0.25) is 10.0 Å². The highest BCUT2D eigenvalue weighted by Gasteiger charge is 2.18. The molecule has 0 spiro atoms. The van der Waals surface area contributed by atoms with Gasteiger partial charge in [-0.1, -0.05) is 28.1 Å². The van der Waals surface area contributed by atoms with Gasteiger partial charge in [-0.15, -0.1) is 0 Å². The van der Waals surface area contributed by atoms with Gasteiger partial charge in [0.2, 0.25) is 0 Å². The quantitative estimate of drug-likeness (QED) is 0.853. The lowest BCUT2D eigenvalue weighted by atomic mass is 10.4. The maximum absolute atomic E-state index is 11.6. The molecule has 1 aromatic carbocycles. The molecule has 15 heavy (non-hydrogen) atoms. The molecule has 0 saturated heterocycles. The van der Waals surface area contributed by atoms with Crippen molar-refractivity contribution >= 4 is 33.2 Å². The minimum Gasteiger partial charge on any atom is -0.287 e. The molecule has 1 rings (SSSR count). The van der Waals surface area contributed by atoms with Crippen LogP contribution in [-0.2, 0) is 14.9 Å². The molecule has 0 saturated carbocycles. The Morgan fingerprint density at radius 1 is 1.40 bits per heavy atom. The monoisotopic (exact) mass is 269 g/mol. The lowest BCUT2D eigenvalue weighted by molar-refractivity contribution is 0.105. The Kier molecular flexibility index (Phi) is 4.36. The van der Waals surface area contributed by atoms with E-state index in [9.17, 15) is 8.42 Å². The van der Waals surface area contributed by atoms with Gasteiger partial charge in [-0.05, 0) is 25.1 Å². The van der Waals surface area contributed by atoms with Crippen LogP contribution in [-0.4, -0.2) is 15.0 Å². The fraction of sp³-hybridized carbons (Fsp3) is 0.250. The van der Waals surface area contributed by atoms with Crippen LogP contribution in [0, 0.1) is 0 Å². The van der Waals surface area contributed by atoms with Crippen molar-refractivity contribution in [1.82, 2.24) is 4.89 Å². The number of hydrogen-bond donors (Lipinski definition) is 1. The van der Waals surface area contributed by atoms with Crippen LogP contribution in [0.25, 0.3) is 0 Å². The number of benzene rings is 1. The van der Waals surface area contributed by atoms with Crippen LogP contribution in [0.5, 0.6) is 0 Å². The molecule has 0 aliphatic carbocycles. The molecule has 0 fully saturated rings. The zero-order valence-corrected chi connectivity index (χ0v) is 10.2. The van der Waals surface area contributed by atoms with E-state index in [0.29, 0.717) is 0 Å². The highest BCUT2D eigenvalue weighted by Crippen LogP contribution is 2.24. The first-order valence-electron chi connectivity index (χ1n) is 4.06. The van der Waals surface area contributed by atoms with Crippen molar-refractivity contribution in [2.75, 3.05) is 6.61 Å². The van der Waals surface area contributed by atoms with Gasteiger partial charge >= 0.3 is 0 Å². The predicted octanol–water partition coefficient (Wildman–Crippen LogP) is 2.22. The summed E-state index contributed by atoms with van der Waals surface area (Å²) in [5.74, 6) is 0.